The predicted molar refractivity (Wildman–Crippen MR) is 65.4 cm³/mol. The fourth-order valence-corrected chi connectivity index (χ4v) is 1.55. The quantitative estimate of drug-likeness (QED) is 0.441. The molecule has 1 atom stereocenters. The Labute approximate surface area is 105 Å². The zero-order valence-electron chi connectivity index (χ0n) is 10.1. The third kappa shape index (κ3) is 4.68. The Hall–Kier alpha value is -1.66. The van der Waals surface area contributed by atoms with Gasteiger partial charge in [0.05, 0.1) is 12.8 Å². The molecule has 0 saturated carbocycles. The number of nitrogens with one attached hydrogen (secondary N) is 1. The summed E-state index contributed by atoms with van der Waals surface area (Å²) >= 11 is 0. The molecule has 1 aromatic rings. The largest absolute Gasteiger partial charge is 0.480 e. The fraction of sp³-hybridized carbons (Fsp3) is 0.500. The minimum Gasteiger partial charge on any atom is -0.480 e. The van der Waals surface area contributed by atoms with Crippen LogP contribution in [0.15, 0.2) is 22.8 Å². The molecule has 0 spiro atoms. The third-order valence-corrected chi connectivity index (χ3v) is 2.55. The van der Waals surface area contributed by atoms with Crippen LogP contribution >= 0.6 is 0 Å². The van der Waals surface area contributed by atoms with E-state index in [4.69, 9.17) is 15.3 Å². The molecule has 0 aromatic carbocycles. The maximum atomic E-state index is 11.6. The van der Waals surface area contributed by atoms with Crippen LogP contribution in [0.2, 0.25) is 0 Å². The lowest BCUT2D eigenvalue weighted by Gasteiger charge is -2.13. The van der Waals surface area contributed by atoms with Crippen molar-refractivity contribution in [3.05, 3.63) is 24.2 Å². The average Bonchev–Trinajstić information content (AvgIpc) is 2.86. The molecule has 0 saturated heterocycles. The maximum Gasteiger partial charge on any atom is 0.320 e. The first-order chi connectivity index (χ1) is 8.65. The van der Waals surface area contributed by atoms with E-state index in [1.165, 1.54) is 6.26 Å². The highest BCUT2D eigenvalue weighted by Crippen LogP contribution is 2.03. The van der Waals surface area contributed by atoms with Gasteiger partial charge in [-0.2, -0.15) is 0 Å². The number of carbonyl (C=O) groups excluding carboxylic acids is 1. The second kappa shape index (κ2) is 7.62. The number of carboxylic acid groups (broad SMARTS) is 1. The van der Waals surface area contributed by atoms with Gasteiger partial charge in [0.15, 0.2) is 5.76 Å². The molecule has 0 aliphatic carbocycles. The molecule has 0 aliphatic heterocycles. The van der Waals surface area contributed by atoms with Crippen molar-refractivity contribution in [1.29, 1.82) is 0 Å². The van der Waals surface area contributed by atoms with Crippen molar-refractivity contribution in [2.24, 2.45) is 5.73 Å². The van der Waals surface area contributed by atoms with Crippen molar-refractivity contribution in [2.75, 3.05) is 13.1 Å². The van der Waals surface area contributed by atoms with E-state index in [2.05, 4.69) is 5.32 Å². The number of ketones is 1. The zero-order chi connectivity index (χ0) is 13.4. The minimum absolute atomic E-state index is 0.0485. The van der Waals surface area contributed by atoms with Gasteiger partial charge in [-0.25, -0.2) is 0 Å². The number of Topliss-reactive ketones (excluding diaryl/α,β-unsaturated/α-hetero) is 1. The lowest BCUT2D eigenvalue weighted by molar-refractivity contribution is -0.139. The highest BCUT2D eigenvalue weighted by Gasteiger charge is 2.18. The van der Waals surface area contributed by atoms with Gasteiger partial charge in [-0.1, -0.05) is 6.42 Å². The zero-order valence-corrected chi connectivity index (χ0v) is 10.1. The number of carboxylic acids is 1. The Morgan fingerprint density at radius 3 is 2.78 bits per heavy atom. The van der Waals surface area contributed by atoms with E-state index in [-0.39, 0.29) is 18.1 Å². The van der Waals surface area contributed by atoms with E-state index in [1.54, 1.807) is 12.1 Å². The van der Waals surface area contributed by atoms with E-state index in [9.17, 15) is 9.59 Å². The molecule has 18 heavy (non-hydrogen) atoms. The molecule has 0 amide bonds. The number of carbonyl (C=O) groups is 2. The Morgan fingerprint density at radius 1 is 1.44 bits per heavy atom. The van der Waals surface area contributed by atoms with Crippen molar-refractivity contribution in [1.82, 2.24) is 5.32 Å². The standard InChI is InChI=1S/C12H18N2O4/c13-6-2-1-4-9(12(16)17)14-8-10(15)11-5-3-7-18-11/h3,5,7,9,14H,1-2,4,6,8,13H2,(H,16,17). The monoisotopic (exact) mass is 254 g/mol. The molecule has 6 heteroatoms. The predicted octanol–water partition coefficient (Wildman–Crippen LogP) is 0.634. The van der Waals surface area contributed by atoms with E-state index in [1.807, 2.05) is 0 Å². The molecule has 6 nitrogen and oxygen atoms in total. The molecule has 0 aliphatic rings. The van der Waals surface area contributed by atoms with Gasteiger partial charge in [-0.15, -0.1) is 0 Å². The second-order valence-electron chi connectivity index (χ2n) is 3.96. The van der Waals surface area contributed by atoms with Gasteiger partial charge >= 0.3 is 5.97 Å². The number of furan rings is 1. The summed E-state index contributed by atoms with van der Waals surface area (Å²) in [5, 5.41) is 11.7. The molecule has 1 unspecified atom stereocenters. The summed E-state index contributed by atoms with van der Waals surface area (Å²) in [6.45, 7) is 0.491. The molecule has 0 fully saturated rings. The lowest BCUT2D eigenvalue weighted by atomic mass is 10.1. The SMILES string of the molecule is NCCCCC(NCC(=O)c1ccco1)C(=O)O. The number of aliphatic carboxylic acids is 1. The Kier molecular flexibility index (Phi) is 6.10. The summed E-state index contributed by atoms with van der Waals surface area (Å²) in [5.74, 6) is -0.988. The van der Waals surface area contributed by atoms with Crippen LogP contribution in [0, 0.1) is 0 Å². The van der Waals surface area contributed by atoms with Gasteiger partial charge in [0.25, 0.3) is 0 Å². The van der Waals surface area contributed by atoms with Gasteiger partial charge in [-0.3, -0.25) is 14.9 Å². The summed E-state index contributed by atoms with van der Waals surface area (Å²) in [4.78, 5) is 22.6. The van der Waals surface area contributed by atoms with Crippen molar-refractivity contribution in [3.63, 3.8) is 0 Å². The second-order valence-corrected chi connectivity index (χ2v) is 3.96. The molecular formula is C12H18N2O4. The van der Waals surface area contributed by atoms with Gasteiger partial charge in [0.1, 0.15) is 6.04 Å². The molecule has 0 radical (unpaired) electrons. The first kappa shape index (κ1) is 14.4. The Morgan fingerprint density at radius 2 is 2.22 bits per heavy atom. The minimum atomic E-state index is -0.959. The maximum absolute atomic E-state index is 11.6. The average molecular weight is 254 g/mol. The number of hydrogen-bond acceptors (Lipinski definition) is 5. The highest BCUT2D eigenvalue weighted by atomic mass is 16.4. The van der Waals surface area contributed by atoms with Gasteiger partial charge in [-0.05, 0) is 31.5 Å². The Balaban J connectivity index is 2.37. The van der Waals surface area contributed by atoms with Crippen molar-refractivity contribution < 1.29 is 19.1 Å². The summed E-state index contributed by atoms with van der Waals surface area (Å²) in [7, 11) is 0. The summed E-state index contributed by atoms with van der Waals surface area (Å²) in [5.41, 5.74) is 5.34. The molecule has 4 N–H and O–H groups in total. The normalized spacial score (nSPS) is 12.3. The van der Waals surface area contributed by atoms with Crippen LogP contribution in [0.5, 0.6) is 0 Å². The van der Waals surface area contributed by atoms with Crippen LogP contribution in [-0.4, -0.2) is 36.0 Å². The first-order valence-electron chi connectivity index (χ1n) is 5.88. The first-order valence-corrected chi connectivity index (χ1v) is 5.88. The fourth-order valence-electron chi connectivity index (χ4n) is 1.55. The number of hydrogen-bond donors (Lipinski definition) is 3. The highest BCUT2D eigenvalue weighted by molar-refractivity contribution is 5.95. The Bertz CT molecular complexity index is 375. The molecule has 1 heterocycles. The molecule has 1 rings (SSSR count). The van der Waals surface area contributed by atoms with E-state index < -0.39 is 12.0 Å². The molecule has 100 valence electrons. The smallest absolute Gasteiger partial charge is 0.320 e. The third-order valence-electron chi connectivity index (χ3n) is 2.55. The van der Waals surface area contributed by atoms with Crippen LogP contribution < -0.4 is 11.1 Å². The van der Waals surface area contributed by atoms with Gasteiger partial charge in [0.2, 0.25) is 5.78 Å². The van der Waals surface area contributed by atoms with Crippen LogP contribution in [0.3, 0.4) is 0 Å². The van der Waals surface area contributed by atoms with E-state index >= 15 is 0 Å². The van der Waals surface area contributed by atoms with Crippen LogP contribution in [0.4, 0.5) is 0 Å². The summed E-state index contributed by atoms with van der Waals surface area (Å²) in [6, 6.07) is 2.44. The summed E-state index contributed by atoms with van der Waals surface area (Å²) in [6.07, 6.45) is 3.36. The number of unbranched alkanes of at least 4 members (excludes halogenated alkanes) is 1. The van der Waals surface area contributed by atoms with E-state index in [0.29, 0.717) is 13.0 Å². The van der Waals surface area contributed by atoms with Gasteiger partial charge < -0.3 is 15.3 Å². The van der Waals surface area contributed by atoms with Crippen molar-refractivity contribution in [2.45, 2.75) is 25.3 Å². The molecule has 0 bridgehead atoms. The van der Waals surface area contributed by atoms with Crippen molar-refractivity contribution >= 4 is 11.8 Å². The van der Waals surface area contributed by atoms with Crippen molar-refractivity contribution in [3.8, 4) is 0 Å². The molecular weight excluding hydrogens is 236 g/mol. The van der Waals surface area contributed by atoms with Crippen LogP contribution in [0.1, 0.15) is 29.8 Å². The number of rotatable bonds is 9. The lowest BCUT2D eigenvalue weighted by Crippen LogP contribution is -2.39. The van der Waals surface area contributed by atoms with Crippen LogP contribution in [0.25, 0.3) is 0 Å². The van der Waals surface area contributed by atoms with Crippen LogP contribution in [-0.2, 0) is 4.79 Å². The van der Waals surface area contributed by atoms with E-state index in [0.717, 1.165) is 12.8 Å². The topological polar surface area (TPSA) is 106 Å². The molecule has 1 aromatic heterocycles. The van der Waals surface area contributed by atoms with Gasteiger partial charge in [0, 0.05) is 0 Å². The number of nitrogens with two attached hydrogens (primary N) is 1. The summed E-state index contributed by atoms with van der Waals surface area (Å²) < 4.78 is 4.93.